The normalized spacial score (nSPS) is 15.5. The van der Waals surface area contributed by atoms with E-state index in [9.17, 15) is 9.36 Å². The number of carbonyl (C=O) groups is 1. The molecule has 0 fully saturated rings. The maximum atomic E-state index is 10.7. The number of aliphatic carboxylic acids is 1. The van der Waals surface area contributed by atoms with Crippen molar-refractivity contribution >= 4 is 25.4 Å². The van der Waals surface area contributed by atoms with Crippen LogP contribution in [-0.2, 0) is 18.4 Å². The molecule has 0 aliphatic rings. The minimum absolute atomic E-state index is 0.0288. The van der Waals surface area contributed by atoms with Crippen molar-refractivity contribution in [3.63, 3.8) is 0 Å². The maximum Gasteiger partial charge on any atom is 0.472 e. The minimum atomic E-state index is -4.23. The van der Waals surface area contributed by atoms with Crippen molar-refractivity contribution in [3.05, 3.63) is 0 Å². The van der Waals surface area contributed by atoms with Crippen LogP contribution in [0.1, 0.15) is 0 Å². The van der Waals surface area contributed by atoms with Crippen LogP contribution >= 0.6 is 19.4 Å². The molecule has 8 heteroatoms. The van der Waals surface area contributed by atoms with Crippen LogP contribution in [0.25, 0.3) is 0 Å². The van der Waals surface area contributed by atoms with Crippen LogP contribution in [-0.4, -0.2) is 35.1 Å². The summed E-state index contributed by atoms with van der Waals surface area (Å²) in [6.07, 6.45) is 0. The monoisotopic (exact) mass is 218 g/mol. The topological polar surface area (TPSA) is 93.1 Å². The third-order valence-corrected chi connectivity index (χ3v) is 1.80. The molecular formula is C4H8ClO6P. The van der Waals surface area contributed by atoms with Crippen LogP contribution in [0.3, 0.4) is 0 Å². The summed E-state index contributed by atoms with van der Waals surface area (Å²) in [4.78, 5) is 18.6. The molecular weight excluding hydrogens is 210 g/mol. The molecule has 0 aliphatic heterocycles. The number of halogens is 1. The minimum Gasteiger partial charge on any atom is -0.480 e. The SMILES string of the molecule is O=C(O)COP(=O)(O)OCCCl. The van der Waals surface area contributed by atoms with E-state index in [1.54, 1.807) is 0 Å². The lowest BCUT2D eigenvalue weighted by atomic mass is 10.8. The molecule has 12 heavy (non-hydrogen) atoms. The first-order valence-corrected chi connectivity index (χ1v) is 4.90. The number of carboxylic acid groups (broad SMARTS) is 1. The van der Waals surface area contributed by atoms with Gasteiger partial charge >= 0.3 is 13.8 Å². The highest BCUT2D eigenvalue weighted by molar-refractivity contribution is 7.47. The molecule has 2 N–H and O–H groups in total. The number of rotatable bonds is 6. The van der Waals surface area contributed by atoms with Gasteiger partial charge in [-0.2, -0.15) is 0 Å². The van der Waals surface area contributed by atoms with E-state index in [0.29, 0.717) is 0 Å². The highest BCUT2D eigenvalue weighted by Crippen LogP contribution is 2.42. The molecule has 0 amide bonds. The van der Waals surface area contributed by atoms with Gasteiger partial charge in [0.15, 0.2) is 6.61 Å². The van der Waals surface area contributed by atoms with Gasteiger partial charge in [-0.25, -0.2) is 9.36 Å². The lowest BCUT2D eigenvalue weighted by Crippen LogP contribution is -2.07. The Morgan fingerprint density at radius 1 is 1.50 bits per heavy atom. The van der Waals surface area contributed by atoms with Gasteiger partial charge in [-0.15, -0.1) is 11.6 Å². The summed E-state index contributed by atoms with van der Waals surface area (Å²) in [6.45, 7) is -1.05. The van der Waals surface area contributed by atoms with Crippen molar-refractivity contribution in [3.8, 4) is 0 Å². The number of alkyl halides is 1. The average molecular weight is 219 g/mol. The predicted molar refractivity (Wildman–Crippen MR) is 40.1 cm³/mol. The standard InChI is InChI=1S/C4H8ClO6P/c5-1-2-10-12(8,9)11-3-4(6)7/h1-3H2,(H,6,7)(H,8,9). The van der Waals surface area contributed by atoms with E-state index in [1.807, 2.05) is 0 Å². The fourth-order valence-electron chi connectivity index (χ4n) is 0.324. The Morgan fingerprint density at radius 2 is 2.08 bits per heavy atom. The van der Waals surface area contributed by atoms with Crippen molar-refractivity contribution < 1.29 is 28.4 Å². The number of carboxylic acids is 1. The Hall–Kier alpha value is -0.130. The zero-order valence-electron chi connectivity index (χ0n) is 5.97. The van der Waals surface area contributed by atoms with Crippen LogP contribution in [0, 0.1) is 0 Å². The molecule has 0 aromatic carbocycles. The maximum absolute atomic E-state index is 10.7. The Balaban J connectivity index is 3.71. The largest absolute Gasteiger partial charge is 0.480 e. The van der Waals surface area contributed by atoms with Crippen LogP contribution in [0.15, 0.2) is 0 Å². The Labute approximate surface area is 73.7 Å². The van der Waals surface area contributed by atoms with Crippen molar-refractivity contribution in [2.75, 3.05) is 19.1 Å². The summed E-state index contributed by atoms with van der Waals surface area (Å²) < 4.78 is 18.9. The molecule has 0 aromatic rings. The highest BCUT2D eigenvalue weighted by Gasteiger charge is 2.21. The molecule has 0 aromatic heterocycles. The van der Waals surface area contributed by atoms with Gasteiger partial charge in [0.2, 0.25) is 0 Å². The van der Waals surface area contributed by atoms with Crippen LogP contribution in [0.2, 0.25) is 0 Å². The Morgan fingerprint density at radius 3 is 2.50 bits per heavy atom. The fourth-order valence-corrected chi connectivity index (χ4v) is 1.18. The lowest BCUT2D eigenvalue weighted by molar-refractivity contribution is -0.139. The molecule has 0 saturated carbocycles. The molecule has 0 bridgehead atoms. The number of phosphoric ester groups is 1. The van der Waals surface area contributed by atoms with E-state index in [4.69, 9.17) is 21.6 Å². The van der Waals surface area contributed by atoms with Gasteiger partial charge in [0.25, 0.3) is 0 Å². The first kappa shape index (κ1) is 11.9. The third kappa shape index (κ3) is 6.57. The summed E-state index contributed by atoms with van der Waals surface area (Å²) in [5.74, 6) is -1.32. The molecule has 6 nitrogen and oxygen atoms in total. The zero-order valence-corrected chi connectivity index (χ0v) is 7.62. The van der Waals surface area contributed by atoms with Gasteiger partial charge in [-0.05, 0) is 0 Å². The van der Waals surface area contributed by atoms with Crippen LogP contribution < -0.4 is 0 Å². The first-order valence-electron chi connectivity index (χ1n) is 2.87. The number of hydrogen-bond acceptors (Lipinski definition) is 4. The molecule has 0 rings (SSSR count). The number of phosphoric acid groups is 1. The van der Waals surface area contributed by atoms with E-state index >= 15 is 0 Å². The molecule has 0 saturated heterocycles. The van der Waals surface area contributed by atoms with Crippen molar-refractivity contribution in [2.24, 2.45) is 0 Å². The van der Waals surface area contributed by atoms with E-state index in [-0.39, 0.29) is 12.5 Å². The van der Waals surface area contributed by atoms with E-state index in [2.05, 4.69) is 9.05 Å². The highest BCUT2D eigenvalue weighted by atomic mass is 35.5. The Bertz CT molecular complexity index is 194. The second-order valence-electron chi connectivity index (χ2n) is 1.66. The molecule has 1 unspecified atom stereocenters. The molecule has 1 atom stereocenters. The van der Waals surface area contributed by atoms with Crippen molar-refractivity contribution in [2.45, 2.75) is 0 Å². The van der Waals surface area contributed by atoms with Crippen molar-refractivity contribution in [1.29, 1.82) is 0 Å². The molecule has 0 heterocycles. The van der Waals surface area contributed by atoms with Gasteiger partial charge in [0.1, 0.15) is 0 Å². The van der Waals surface area contributed by atoms with Crippen LogP contribution in [0.5, 0.6) is 0 Å². The molecule has 0 radical (unpaired) electrons. The van der Waals surface area contributed by atoms with E-state index in [1.165, 1.54) is 0 Å². The van der Waals surface area contributed by atoms with Gasteiger partial charge in [-0.1, -0.05) is 0 Å². The lowest BCUT2D eigenvalue weighted by Gasteiger charge is -2.08. The quantitative estimate of drug-likeness (QED) is 0.496. The summed E-state index contributed by atoms with van der Waals surface area (Å²) in [6, 6.07) is 0. The van der Waals surface area contributed by atoms with Gasteiger partial charge in [0.05, 0.1) is 6.61 Å². The first-order chi connectivity index (χ1) is 5.48. The third-order valence-electron chi connectivity index (χ3n) is 0.683. The molecule has 0 spiro atoms. The molecule has 0 aliphatic carbocycles. The average Bonchev–Trinajstić information content (AvgIpc) is 1.98. The van der Waals surface area contributed by atoms with E-state index in [0.717, 1.165) is 0 Å². The number of hydrogen-bond donors (Lipinski definition) is 2. The van der Waals surface area contributed by atoms with Gasteiger partial charge in [-0.3, -0.25) is 9.05 Å². The fraction of sp³-hybridized carbons (Fsp3) is 0.750. The Kier molecular flexibility index (Phi) is 5.44. The van der Waals surface area contributed by atoms with E-state index < -0.39 is 20.4 Å². The summed E-state index contributed by atoms with van der Waals surface area (Å²) >= 11 is 5.14. The summed E-state index contributed by atoms with van der Waals surface area (Å²) in [7, 11) is -4.23. The predicted octanol–water partition coefficient (Wildman–Crippen LogP) is 0.443. The van der Waals surface area contributed by atoms with Gasteiger partial charge < -0.3 is 10.00 Å². The zero-order chi connectivity index (χ0) is 9.61. The van der Waals surface area contributed by atoms with Crippen molar-refractivity contribution in [1.82, 2.24) is 0 Å². The van der Waals surface area contributed by atoms with Gasteiger partial charge in [0, 0.05) is 5.88 Å². The second kappa shape index (κ2) is 5.50. The molecule has 72 valence electrons. The smallest absolute Gasteiger partial charge is 0.472 e. The van der Waals surface area contributed by atoms with Crippen LogP contribution in [0.4, 0.5) is 0 Å². The summed E-state index contributed by atoms with van der Waals surface area (Å²) in [5, 5.41) is 8.06. The summed E-state index contributed by atoms with van der Waals surface area (Å²) in [5.41, 5.74) is 0. The second-order valence-corrected chi connectivity index (χ2v) is 3.49.